The summed E-state index contributed by atoms with van der Waals surface area (Å²) in [5.74, 6) is -0.0319. The number of carbonyl (C=O) groups excluding carboxylic acids is 1. The Morgan fingerprint density at radius 1 is 1.50 bits per heavy atom. The quantitative estimate of drug-likeness (QED) is 0.398. The van der Waals surface area contributed by atoms with Crippen molar-refractivity contribution in [3.05, 3.63) is 28.3 Å². The minimum atomic E-state index is -0.895. The Morgan fingerprint density at radius 2 is 2.20 bits per heavy atom. The van der Waals surface area contributed by atoms with Gasteiger partial charge < -0.3 is 15.5 Å². The highest BCUT2D eigenvalue weighted by atomic mass is 32.2. The third-order valence-electron chi connectivity index (χ3n) is 2.36. The lowest BCUT2D eigenvalue weighted by molar-refractivity contribution is -0.385. The Labute approximate surface area is 120 Å². The molecular weight excluding hydrogens is 284 g/mol. The van der Waals surface area contributed by atoms with Crippen molar-refractivity contribution in [2.24, 2.45) is 0 Å². The summed E-state index contributed by atoms with van der Waals surface area (Å²) in [6, 6.07) is 4.23. The molecule has 0 aliphatic heterocycles. The second kappa shape index (κ2) is 7.83. The van der Waals surface area contributed by atoms with E-state index in [2.05, 4.69) is 5.32 Å². The molecule has 7 nitrogen and oxygen atoms in total. The minimum absolute atomic E-state index is 0.139. The van der Waals surface area contributed by atoms with Crippen LogP contribution in [-0.2, 0) is 4.79 Å². The maximum atomic E-state index is 11.3. The van der Waals surface area contributed by atoms with Crippen molar-refractivity contribution in [1.29, 1.82) is 0 Å². The van der Waals surface area contributed by atoms with E-state index in [0.29, 0.717) is 10.6 Å². The first kappa shape index (κ1) is 16.4. The summed E-state index contributed by atoms with van der Waals surface area (Å²) in [4.78, 5) is 22.2. The van der Waals surface area contributed by atoms with E-state index in [1.54, 1.807) is 13.0 Å². The molecule has 0 aliphatic rings. The Hall–Kier alpha value is -1.64. The van der Waals surface area contributed by atoms with Gasteiger partial charge >= 0.3 is 0 Å². The fourth-order valence-electron chi connectivity index (χ4n) is 1.34. The maximum absolute atomic E-state index is 11.3. The molecule has 0 radical (unpaired) electrons. The van der Waals surface area contributed by atoms with Gasteiger partial charge in [0.2, 0.25) is 5.91 Å². The standard InChI is InChI=1S/C12H16N2O5S/c1-2-12(17)13-8-3-9(14(18)19)5-11(4-8)20-7-10(16)6-15/h3-5,10,15-16H,2,6-7H2,1H3,(H,13,17)/t10-/m0/s1. The van der Waals surface area contributed by atoms with Crippen LogP contribution in [-0.4, -0.2) is 39.5 Å². The van der Waals surface area contributed by atoms with E-state index in [0.717, 1.165) is 0 Å². The Kier molecular flexibility index (Phi) is 6.43. The maximum Gasteiger partial charge on any atom is 0.272 e. The number of carbonyl (C=O) groups is 1. The molecule has 1 amide bonds. The van der Waals surface area contributed by atoms with Crippen LogP contribution >= 0.6 is 11.8 Å². The molecule has 1 aromatic rings. The van der Waals surface area contributed by atoms with E-state index < -0.39 is 11.0 Å². The average molecular weight is 300 g/mol. The largest absolute Gasteiger partial charge is 0.394 e. The summed E-state index contributed by atoms with van der Waals surface area (Å²) in [5, 5.41) is 31.4. The highest BCUT2D eigenvalue weighted by Crippen LogP contribution is 2.28. The summed E-state index contributed by atoms with van der Waals surface area (Å²) < 4.78 is 0. The molecule has 1 rings (SSSR count). The molecule has 8 heteroatoms. The summed E-state index contributed by atoms with van der Waals surface area (Å²) in [6.45, 7) is 1.31. The summed E-state index contributed by atoms with van der Waals surface area (Å²) >= 11 is 1.17. The van der Waals surface area contributed by atoms with Gasteiger partial charge in [0.05, 0.1) is 17.6 Å². The smallest absolute Gasteiger partial charge is 0.272 e. The fourth-order valence-corrected chi connectivity index (χ4v) is 2.24. The van der Waals surface area contributed by atoms with Crippen LogP contribution in [0, 0.1) is 10.1 Å². The predicted molar refractivity (Wildman–Crippen MR) is 75.8 cm³/mol. The van der Waals surface area contributed by atoms with Crippen molar-refractivity contribution < 1.29 is 19.9 Å². The van der Waals surface area contributed by atoms with Crippen LogP contribution in [0.2, 0.25) is 0 Å². The molecule has 0 fully saturated rings. The van der Waals surface area contributed by atoms with Crippen LogP contribution in [0.5, 0.6) is 0 Å². The molecule has 0 bridgehead atoms. The van der Waals surface area contributed by atoms with Gasteiger partial charge in [-0.3, -0.25) is 14.9 Å². The van der Waals surface area contributed by atoms with Gasteiger partial charge in [-0.1, -0.05) is 6.92 Å². The molecule has 0 saturated heterocycles. The van der Waals surface area contributed by atoms with Gasteiger partial charge in [-0.05, 0) is 6.07 Å². The number of hydrogen-bond donors (Lipinski definition) is 3. The number of aliphatic hydroxyl groups excluding tert-OH is 2. The molecule has 20 heavy (non-hydrogen) atoms. The normalized spacial score (nSPS) is 11.9. The van der Waals surface area contributed by atoms with Gasteiger partial charge in [-0.15, -0.1) is 11.8 Å². The lowest BCUT2D eigenvalue weighted by Gasteiger charge is -2.09. The van der Waals surface area contributed by atoms with E-state index in [4.69, 9.17) is 5.11 Å². The van der Waals surface area contributed by atoms with Crippen molar-refractivity contribution >= 4 is 29.0 Å². The minimum Gasteiger partial charge on any atom is -0.394 e. The third kappa shape index (κ3) is 5.16. The van der Waals surface area contributed by atoms with Gasteiger partial charge in [0.15, 0.2) is 0 Å². The summed E-state index contributed by atoms with van der Waals surface area (Å²) in [5.41, 5.74) is 0.201. The highest BCUT2D eigenvalue weighted by Gasteiger charge is 2.12. The second-order valence-electron chi connectivity index (χ2n) is 4.02. The van der Waals surface area contributed by atoms with Crippen LogP contribution in [0.1, 0.15) is 13.3 Å². The van der Waals surface area contributed by atoms with Crippen molar-refractivity contribution in [3.63, 3.8) is 0 Å². The molecule has 0 saturated carbocycles. The van der Waals surface area contributed by atoms with Crippen molar-refractivity contribution in [2.75, 3.05) is 17.7 Å². The van der Waals surface area contributed by atoms with Crippen LogP contribution in [0.15, 0.2) is 23.1 Å². The number of thioether (sulfide) groups is 1. The van der Waals surface area contributed by atoms with E-state index in [1.807, 2.05) is 0 Å². The number of benzene rings is 1. The number of amides is 1. The monoisotopic (exact) mass is 300 g/mol. The zero-order valence-corrected chi connectivity index (χ0v) is 11.7. The van der Waals surface area contributed by atoms with Crippen LogP contribution in [0.4, 0.5) is 11.4 Å². The summed E-state index contributed by atoms with van der Waals surface area (Å²) in [6.07, 6.45) is -0.623. The zero-order valence-electron chi connectivity index (χ0n) is 10.9. The Balaban J connectivity index is 2.92. The highest BCUT2D eigenvalue weighted by molar-refractivity contribution is 7.99. The van der Waals surface area contributed by atoms with Crippen LogP contribution < -0.4 is 5.32 Å². The van der Waals surface area contributed by atoms with Crippen molar-refractivity contribution in [1.82, 2.24) is 0 Å². The topological polar surface area (TPSA) is 113 Å². The molecule has 0 unspecified atom stereocenters. The molecule has 1 atom stereocenters. The molecule has 110 valence electrons. The number of anilines is 1. The Bertz CT molecular complexity index is 495. The average Bonchev–Trinajstić information content (AvgIpc) is 2.44. The van der Waals surface area contributed by atoms with Crippen molar-refractivity contribution in [3.8, 4) is 0 Å². The summed E-state index contributed by atoms with van der Waals surface area (Å²) in [7, 11) is 0. The van der Waals surface area contributed by atoms with E-state index in [9.17, 15) is 20.0 Å². The predicted octanol–water partition coefficient (Wildman–Crippen LogP) is 1.39. The number of nitrogens with one attached hydrogen (secondary N) is 1. The second-order valence-corrected chi connectivity index (χ2v) is 5.12. The number of nitro benzene ring substituents is 1. The third-order valence-corrected chi connectivity index (χ3v) is 3.48. The number of nitro groups is 1. The number of non-ortho nitro benzene ring substituents is 1. The molecule has 1 aromatic carbocycles. The van der Waals surface area contributed by atoms with E-state index in [-0.39, 0.29) is 30.4 Å². The number of hydrogen-bond acceptors (Lipinski definition) is 6. The van der Waals surface area contributed by atoms with Gasteiger partial charge in [-0.25, -0.2) is 0 Å². The van der Waals surface area contributed by atoms with Crippen molar-refractivity contribution in [2.45, 2.75) is 24.3 Å². The fraction of sp³-hybridized carbons (Fsp3) is 0.417. The molecule has 0 spiro atoms. The molecule has 0 aromatic heterocycles. The molecule has 3 N–H and O–H groups in total. The van der Waals surface area contributed by atoms with Gasteiger partial charge in [0.1, 0.15) is 0 Å². The van der Waals surface area contributed by atoms with E-state index >= 15 is 0 Å². The van der Waals surface area contributed by atoms with Gasteiger partial charge in [-0.2, -0.15) is 0 Å². The first-order valence-electron chi connectivity index (χ1n) is 5.97. The lowest BCUT2D eigenvalue weighted by Crippen LogP contribution is -2.14. The zero-order chi connectivity index (χ0) is 15.1. The van der Waals surface area contributed by atoms with Gasteiger partial charge in [0, 0.05) is 34.9 Å². The molecular formula is C12H16N2O5S. The van der Waals surface area contributed by atoms with Crippen LogP contribution in [0.25, 0.3) is 0 Å². The number of aliphatic hydroxyl groups is 2. The SMILES string of the molecule is CCC(=O)Nc1cc(SC[C@@H](O)CO)cc([N+](=O)[O-])c1. The van der Waals surface area contributed by atoms with Crippen LogP contribution in [0.3, 0.4) is 0 Å². The first-order valence-corrected chi connectivity index (χ1v) is 6.95. The first-order chi connectivity index (χ1) is 9.46. The Morgan fingerprint density at radius 3 is 2.75 bits per heavy atom. The number of nitrogens with zero attached hydrogens (tertiary/aromatic N) is 1. The number of rotatable bonds is 7. The lowest BCUT2D eigenvalue weighted by atomic mass is 10.2. The van der Waals surface area contributed by atoms with E-state index in [1.165, 1.54) is 23.9 Å². The molecule has 0 aliphatic carbocycles. The van der Waals surface area contributed by atoms with Gasteiger partial charge in [0.25, 0.3) is 5.69 Å². The molecule has 0 heterocycles.